The van der Waals surface area contributed by atoms with E-state index in [9.17, 15) is 0 Å². The Morgan fingerprint density at radius 3 is 2.47 bits per heavy atom. The zero-order valence-electron chi connectivity index (χ0n) is 11.9. The number of alkyl halides is 1. The van der Waals surface area contributed by atoms with Gasteiger partial charge in [0.05, 0.1) is 12.5 Å². The van der Waals surface area contributed by atoms with Gasteiger partial charge in [0.15, 0.2) is 0 Å². The van der Waals surface area contributed by atoms with Crippen molar-refractivity contribution < 1.29 is 4.74 Å². The predicted octanol–water partition coefficient (Wildman–Crippen LogP) is 6.49. The van der Waals surface area contributed by atoms with Crippen molar-refractivity contribution in [3.8, 4) is 5.75 Å². The van der Waals surface area contributed by atoms with Gasteiger partial charge in [-0.05, 0) is 24.1 Å². The molecular formula is C16H24BrClO. The molecule has 1 nitrogen and oxygen atoms in total. The number of methoxy groups -OCH3 is 1. The van der Waals surface area contributed by atoms with Gasteiger partial charge in [-0.25, -0.2) is 0 Å². The summed E-state index contributed by atoms with van der Waals surface area (Å²) in [5.41, 5.74) is 1.16. The van der Waals surface area contributed by atoms with Crippen molar-refractivity contribution in [1.82, 2.24) is 0 Å². The number of ether oxygens (including phenoxy) is 1. The largest absolute Gasteiger partial charge is 0.497 e. The smallest absolute Gasteiger partial charge is 0.120 e. The third kappa shape index (κ3) is 6.18. The van der Waals surface area contributed by atoms with E-state index in [1.54, 1.807) is 7.11 Å². The van der Waals surface area contributed by atoms with Crippen LogP contribution in [0.4, 0.5) is 0 Å². The summed E-state index contributed by atoms with van der Waals surface area (Å²) in [4.78, 5) is 0. The summed E-state index contributed by atoms with van der Waals surface area (Å²) in [6.07, 6.45) is 8.88. The average molecular weight is 348 g/mol. The Hall–Kier alpha value is -0.210. The van der Waals surface area contributed by atoms with Gasteiger partial charge in [0, 0.05) is 4.47 Å². The van der Waals surface area contributed by atoms with Crippen molar-refractivity contribution in [2.45, 2.75) is 57.2 Å². The second-order valence-corrected chi connectivity index (χ2v) is 6.29. The van der Waals surface area contributed by atoms with Crippen molar-refractivity contribution in [3.63, 3.8) is 0 Å². The Kier molecular flexibility index (Phi) is 8.56. The highest BCUT2D eigenvalue weighted by molar-refractivity contribution is 9.10. The molecule has 19 heavy (non-hydrogen) atoms. The van der Waals surface area contributed by atoms with Gasteiger partial charge in [0.1, 0.15) is 5.75 Å². The molecule has 0 N–H and O–H groups in total. The Bertz CT molecular complexity index is 368. The Morgan fingerprint density at radius 1 is 1.16 bits per heavy atom. The quantitative estimate of drug-likeness (QED) is 0.366. The fraction of sp³-hybridized carbons (Fsp3) is 0.625. The monoisotopic (exact) mass is 346 g/mol. The molecule has 3 heteroatoms. The fourth-order valence-corrected chi connectivity index (χ4v) is 3.26. The molecule has 0 spiro atoms. The van der Waals surface area contributed by atoms with Crippen LogP contribution < -0.4 is 4.74 Å². The van der Waals surface area contributed by atoms with Crippen LogP contribution in [0.3, 0.4) is 0 Å². The van der Waals surface area contributed by atoms with E-state index in [1.807, 2.05) is 12.1 Å². The Morgan fingerprint density at radius 2 is 1.84 bits per heavy atom. The maximum atomic E-state index is 6.48. The summed E-state index contributed by atoms with van der Waals surface area (Å²) in [5, 5.41) is 0.0893. The lowest BCUT2D eigenvalue weighted by Crippen LogP contribution is -1.94. The van der Waals surface area contributed by atoms with Crippen molar-refractivity contribution in [3.05, 3.63) is 28.2 Å². The fourth-order valence-electron chi connectivity index (χ4n) is 2.15. The molecule has 1 atom stereocenters. The zero-order valence-corrected chi connectivity index (χ0v) is 14.3. The highest BCUT2D eigenvalue weighted by Crippen LogP contribution is 2.34. The number of unbranched alkanes of at least 4 members (excludes halogenated alkanes) is 5. The molecule has 0 saturated heterocycles. The molecule has 0 aliphatic heterocycles. The first-order valence-corrected chi connectivity index (χ1v) is 8.39. The van der Waals surface area contributed by atoms with Crippen LogP contribution in [0.15, 0.2) is 22.7 Å². The maximum absolute atomic E-state index is 6.48. The van der Waals surface area contributed by atoms with E-state index in [0.29, 0.717) is 0 Å². The maximum Gasteiger partial charge on any atom is 0.120 e. The van der Waals surface area contributed by atoms with Gasteiger partial charge < -0.3 is 4.74 Å². The first-order chi connectivity index (χ1) is 9.19. The summed E-state index contributed by atoms with van der Waals surface area (Å²) in [7, 11) is 1.68. The minimum absolute atomic E-state index is 0.0893. The van der Waals surface area contributed by atoms with Gasteiger partial charge in [0.25, 0.3) is 0 Å². The van der Waals surface area contributed by atoms with Crippen LogP contribution in [-0.4, -0.2) is 7.11 Å². The Balaban J connectivity index is 2.34. The zero-order chi connectivity index (χ0) is 14.1. The van der Waals surface area contributed by atoms with Crippen LogP contribution in [0.2, 0.25) is 0 Å². The molecule has 0 saturated carbocycles. The van der Waals surface area contributed by atoms with Gasteiger partial charge >= 0.3 is 0 Å². The molecule has 0 aliphatic rings. The van der Waals surface area contributed by atoms with E-state index in [-0.39, 0.29) is 5.38 Å². The number of benzene rings is 1. The van der Waals surface area contributed by atoms with Gasteiger partial charge in [-0.15, -0.1) is 11.6 Å². The lowest BCUT2D eigenvalue weighted by Gasteiger charge is -2.13. The van der Waals surface area contributed by atoms with Crippen molar-refractivity contribution in [2.75, 3.05) is 7.11 Å². The van der Waals surface area contributed by atoms with Crippen molar-refractivity contribution in [2.24, 2.45) is 0 Å². The molecule has 0 radical (unpaired) electrons. The van der Waals surface area contributed by atoms with Gasteiger partial charge in [-0.1, -0.05) is 67.4 Å². The van der Waals surface area contributed by atoms with Gasteiger partial charge in [0.2, 0.25) is 0 Å². The number of rotatable bonds is 9. The van der Waals surface area contributed by atoms with Crippen LogP contribution in [-0.2, 0) is 0 Å². The summed E-state index contributed by atoms with van der Waals surface area (Å²) >= 11 is 10.0. The standard InChI is InChI=1S/C16H24BrClO/c1-3-4-5-6-7-8-9-16(18)14-11-10-13(19-2)12-15(14)17/h10-12,16H,3-9H2,1-2H3. The van der Waals surface area contributed by atoms with Crippen LogP contribution in [0.1, 0.15) is 62.8 Å². The molecular weight excluding hydrogens is 324 g/mol. The van der Waals surface area contributed by atoms with Crippen LogP contribution in [0.5, 0.6) is 5.75 Å². The van der Waals surface area contributed by atoms with E-state index in [0.717, 1.165) is 22.2 Å². The van der Waals surface area contributed by atoms with E-state index in [4.69, 9.17) is 16.3 Å². The number of hydrogen-bond acceptors (Lipinski definition) is 1. The second-order valence-electron chi connectivity index (χ2n) is 4.91. The van der Waals surface area contributed by atoms with E-state index < -0.39 is 0 Å². The molecule has 1 rings (SSSR count). The molecule has 0 aliphatic carbocycles. The number of halogens is 2. The Labute approximate surface area is 130 Å². The lowest BCUT2D eigenvalue weighted by molar-refractivity contribution is 0.414. The number of hydrogen-bond donors (Lipinski definition) is 0. The second kappa shape index (κ2) is 9.66. The highest BCUT2D eigenvalue weighted by atomic mass is 79.9. The van der Waals surface area contributed by atoms with E-state index in [1.165, 1.54) is 38.5 Å². The molecule has 0 aromatic heterocycles. The summed E-state index contributed by atoms with van der Waals surface area (Å²) in [5.74, 6) is 0.860. The first-order valence-electron chi connectivity index (χ1n) is 7.16. The minimum atomic E-state index is 0.0893. The third-order valence-corrected chi connectivity index (χ3v) is 4.50. The summed E-state index contributed by atoms with van der Waals surface area (Å²) in [6, 6.07) is 6.00. The highest BCUT2D eigenvalue weighted by Gasteiger charge is 2.11. The SMILES string of the molecule is CCCCCCCCC(Cl)c1ccc(OC)cc1Br. The molecule has 108 valence electrons. The van der Waals surface area contributed by atoms with E-state index in [2.05, 4.69) is 28.9 Å². The van der Waals surface area contributed by atoms with Crippen LogP contribution >= 0.6 is 27.5 Å². The molecule has 1 unspecified atom stereocenters. The molecule has 0 bridgehead atoms. The molecule has 1 aromatic carbocycles. The lowest BCUT2D eigenvalue weighted by atomic mass is 10.0. The van der Waals surface area contributed by atoms with Crippen molar-refractivity contribution >= 4 is 27.5 Å². The molecule has 0 fully saturated rings. The molecule has 1 aromatic rings. The first kappa shape index (κ1) is 16.8. The summed E-state index contributed by atoms with van der Waals surface area (Å²) in [6.45, 7) is 2.25. The summed E-state index contributed by atoms with van der Waals surface area (Å²) < 4.78 is 6.23. The third-order valence-electron chi connectivity index (χ3n) is 3.36. The van der Waals surface area contributed by atoms with Gasteiger partial charge in [-0.2, -0.15) is 0 Å². The molecule has 0 amide bonds. The van der Waals surface area contributed by atoms with Crippen LogP contribution in [0.25, 0.3) is 0 Å². The molecule has 0 heterocycles. The van der Waals surface area contributed by atoms with E-state index >= 15 is 0 Å². The average Bonchev–Trinajstić information content (AvgIpc) is 2.42. The van der Waals surface area contributed by atoms with Gasteiger partial charge in [-0.3, -0.25) is 0 Å². The van der Waals surface area contributed by atoms with Crippen molar-refractivity contribution in [1.29, 1.82) is 0 Å². The minimum Gasteiger partial charge on any atom is -0.497 e. The topological polar surface area (TPSA) is 9.23 Å². The normalized spacial score (nSPS) is 12.4. The predicted molar refractivity (Wildman–Crippen MR) is 87.3 cm³/mol. The van der Waals surface area contributed by atoms with Crippen LogP contribution in [0, 0.1) is 0 Å².